The topological polar surface area (TPSA) is 50.3 Å². The van der Waals surface area contributed by atoms with Gasteiger partial charge in [-0.2, -0.15) is 4.31 Å². The van der Waals surface area contributed by atoms with Crippen LogP contribution in [0, 0.1) is 0 Å². The molecular weight excluding hydrogens is 416 g/mol. The van der Waals surface area contributed by atoms with Crippen LogP contribution in [0.2, 0.25) is 0 Å². The van der Waals surface area contributed by atoms with Gasteiger partial charge in [0.1, 0.15) is 0 Å². The minimum Gasteiger partial charge on any atom is -0.248 e. The van der Waals surface area contributed by atoms with Crippen LogP contribution >= 0.6 is 43.2 Å². The molecule has 0 radical (unpaired) electrons. The largest absolute Gasteiger partial charge is 0.248 e. The molecule has 1 heterocycles. The minimum atomic E-state index is -3.53. The standard InChI is InChI=1S/C11H10Br2N2O2S2/c1-15(5-9-6-18-7-14-9)19(16,17)11-3-2-8(12)4-10(11)13/h2-4,6-7H,5H2,1H3. The highest BCUT2D eigenvalue weighted by molar-refractivity contribution is 9.11. The van der Waals surface area contributed by atoms with Gasteiger partial charge in [0.25, 0.3) is 0 Å². The van der Waals surface area contributed by atoms with Gasteiger partial charge in [-0.3, -0.25) is 0 Å². The maximum absolute atomic E-state index is 12.4. The van der Waals surface area contributed by atoms with Crippen LogP contribution in [0.15, 0.2) is 42.9 Å². The minimum absolute atomic E-state index is 0.244. The van der Waals surface area contributed by atoms with Crippen molar-refractivity contribution in [3.63, 3.8) is 0 Å². The zero-order chi connectivity index (χ0) is 14.0. The molecule has 102 valence electrons. The molecule has 0 aliphatic heterocycles. The monoisotopic (exact) mass is 424 g/mol. The molecule has 19 heavy (non-hydrogen) atoms. The second-order valence-electron chi connectivity index (χ2n) is 3.82. The van der Waals surface area contributed by atoms with Gasteiger partial charge in [-0.1, -0.05) is 15.9 Å². The third kappa shape index (κ3) is 3.43. The molecule has 8 heteroatoms. The van der Waals surface area contributed by atoms with Crippen molar-refractivity contribution in [1.29, 1.82) is 0 Å². The van der Waals surface area contributed by atoms with E-state index in [2.05, 4.69) is 36.8 Å². The lowest BCUT2D eigenvalue weighted by molar-refractivity contribution is 0.462. The highest BCUT2D eigenvalue weighted by Crippen LogP contribution is 2.28. The van der Waals surface area contributed by atoms with Crippen molar-refractivity contribution >= 4 is 53.2 Å². The molecule has 1 aromatic heterocycles. The summed E-state index contributed by atoms with van der Waals surface area (Å²) in [5.74, 6) is 0. The van der Waals surface area contributed by atoms with Gasteiger partial charge >= 0.3 is 0 Å². The number of benzene rings is 1. The van der Waals surface area contributed by atoms with E-state index in [1.165, 1.54) is 15.6 Å². The van der Waals surface area contributed by atoms with Crippen molar-refractivity contribution in [2.45, 2.75) is 11.4 Å². The molecule has 0 unspecified atom stereocenters. The van der Waals surface area contributed by atoms with Gasteiger partial charge < -0.3 is 0 Å². The van der Waals surface area contributed by atoms with Crippen molar-refractivity contribution in [3.8, 4) is 0 Å². The molecule has 4 nitrogen and oxygen atoms in total. The summed E-state index contributed by atoms with van der Waals surface area (Å²) >= 11 is 8.03. The summed E-state index contributed by atoms with van der Waals surface area (Å²) in [6, 6.07) is 4.99. The smallest absolute Gasteiger partial charge is 0.244 e. The van der Waals surface area contributed by atoms with Gasteiger partial charge in [-0.05, 0) is 34.1 Å². The second kappa shape index (κ2) is 6.01. The number of hydrogen-bond acceptors (Lipinski definition) is 4. The Kier molecular flexibility index (Phi) is 4.78. The predicted molar refractivity (Wildman–Crippen MR) is 82.6 cm³/mol. The predicted octanol–water partition coefficient (Wildman–Crippen LogP) is 3.49. The summed E-state index contributed by atoms with van der Waals surface area (Å²) in [7, 11) is -1.99. The number of sulfonamides is 1. The molecule has 0 saturated carbocycles. The van der Waals surface area contributed by atoms with Crippen molar-refractivity contribution in [2.75, 3.05) is 7.05 Å². The third-order valence-electron chi connectivity index (χ3n) is 2.45. The van der Waals surface area contributed by atoms with Gasteiger partial charge in [0, 0.05) is 21.4 Å². The van der Waals surface area contributed by atoms with Gasteiger partial charge in [0.05, 0.1) is 22.6 Å². The van der Waals surface area contributed by atoms with Crippen LogP contribution in [0.4, 0.5) is 0 Å². The first-order valence-electron chi connectivity index (χ1n) is 5.19. The van der Waals surface area contributed by atoms with Crippen LogP contribution in [0.5, 0.6) is 0 Å². The maximum atomic E-state index is 12.4. The van der Waals surface area contributed by atoms with Crippen molar-refractivity contribution in [3.05, 3.63) is 43.7 Å². The first-order chi connectivity index (χ1) is 8.91. The van der Waals surface area contributed by atoms with Crippen molar-refractivity contribution in [2.24, 2.45) is 0 Å². The maximum Gasteiger partial charge on any atom is 0.244 e. The first-order valence-corrected chi connectivity index (χ1v) is 9.16. The molecule has 0 spiro atoms. The summed E-state index contributed by atoms with van der Waals surface area (Å²) in [6.07, 6.45) is 0. The number of rotatable bonds is 4. The fourth-order valence-corrected chi connectivity index (χ4v) is 4.87. The molecule has 2 aromatic rings. The first kappa shape index (κ1) is 15.1. The number of hydrogen-bond donors (Lipinski definition) is 0. The molecule has 0 atom stereocenters. The average Bonchev–Trinajstić information content (AvgIpc) is 2.81. The SMILES string of the molecule is CN(Cc1cscn1)S(=O)(=O)c1ccc(Br)cc1Br. The quantitative estimate of drug-likeness (QED) is 0.753. The molecule has 2 rings (SSSR count). The zero-order valence-electron chi connectivity index (χ0n) is 9.88. The highest BCUT2D eigenvalue weighted by atomic mass is 79.9. The van der Waals surface area contributed by atoms with Crippen LogP contribution in [-0.4, -0.2) is 24.8 Å². The Bertz CT molecular complexity index is 672. The van der Waals surface area contributed by atoms with Gasteiger partial charge in [-0.15, -0.1) is 11.3 Å². The zero-order valence-corrected chi connectivity index (χ0v) is 14.7. The lowest BCUT2D eigenvalue weighted by Crippen LogP contribution is -2.26. The van der Waals surface area contributed by atoms with E-state index in [1.807, 2.05) is 5.38 Å². The third-order valence-corrected chi connectivity index (χ3v) is 6.36. The molecule has 0 fully saturated rings. The van der Waals surface area contributed by atoms with Crippen LogP contribution in [-0.2, 0) is 16.6 Å². The van der Waals surface area contributed by atoms with E-state index in [4.69, 9.17) is 0 Å². The van der Waals surface area contributed by atoms with E-state index in [0.717, 1.165) is 10.2 Å². The Morgan fingerprint density at radius 3 is 2.68 bits per heavy atom. The Labute approximate surface area is 132 Å². The van der Waals surface area contributed by atoms with Gasteiger partial charge in [0.2, 0.25) is 10.0 Å². The van der Waals surface area contributed by atoms with E-state index < -0.39 is 10.0 Å². The number of thiazole rings is 1. The fourth-order valence-electron chi connectivity index (χ4n) is 1.48. The molecule has 0 aliphatic rings. The average molecular weight is 426 g/mol. The molecule has 0 N–H and O–H groups in total. The molecular formula is C11H10Br2N2O2S2. The molecule has 0 bridgehead atoms. The number of aromatic nitrogens is 1. The summed E-state index contributed by atoms with van der Waals surface area (Å²) in [5, 5.41) is 1.84. The van der Waals surface area contributed by atoms with Gasteiger partial charge in [0.15, 0.2) is 0 Å². The normalized spacial score (nSPS) is 12.0. The van der Waals surface area contributed by atoms with Crippen molar-refractivity contribution in [1.82, 2.24) is 9.29 Å². The molecule has 0 aliphatic carbocycles. The lowest BCUT2D eigenvalue weighted by atomic mass is 10.4. The number of halogens is 2. The van der Waals surface area contributed by atoms with Crippen LogP contribution in [0.25, 0.3) is 0 Å². The van der Waals surface area contributed by atoms with E-state index in [0.29, 0.717) is 4.47 Å². The van der Waals surface area contributed by atoms with Crippen LogP contribution in [0.1, 0.15) is 5.69 Å². The van der Waals surface area contributed by atoms with E-state index >= 15 is 0 Å². The summed E-state index contributed by atoms with van der Waals surface area (Å²) < 4.78 is 27.5. The Hall–Kier alpha value is -0.280. The van der Waals surface area contributed by atoms with E-state index in [1.54, 1.807) is 30.8 Å². The van der Waals surface area contributed by atoms with E-state index in [-0.39, 0.29) is 11.4 Å². The summed E-state index contributed by atoms with van der Waals surface area (Å²) in [6.45, 7) is 0.258. The molecule has 0 saturated heterocycles. The van der Waals surface area contributed by atoms with Crippen molar-refractivity contribution < 1.29 is 8.42 Å². The Balaban J connectivity index is 2.31. The van der Waals surface area contributed by atoms with Crippen LogP contribution in [0.3, 0.4) is 0 Å². The Morgan fingerprint density at radius 2 is 2.11 bits per heavy atom. The molecule has 0 amide bonds. The van der Waals surface area contributed by atoms with E-state index in [9.17, 15) is 8.42 Å². The van der Waals surface area contributed by atoms with Gasteiger partial charge in [-0.25, -0.2) is 13.4 Å². The summed E-state index contributed by atoms with van der Waals surface area (Å²) in [5.41, 5.74) is 2.43. The summed E-state index contributed by atoms with van der Waals surface area (Å²) in [4.78, 5) is 4.34. The molecule has 1 aromatic carbocycles. The highest BCUT2D eigenvalue weighted by Gasteiger charge is 2.23. The fraction of sp³-hybridized carbons (Fsp3) is 0.182. The second-order valence-corrected chi connectivity index (χ2v) is 8.32. The lowest BCUT2D eigenvalue weighted by Gasteiger charge is -2.17. The van der Waals surface area contributed by atoms with Crippen LogP contribution < -0.4 is 0 Å². The Morgan fingerprint density at radius 1 is 1.37 bits per heavy atom. The number of nitrogens with zero attached hydrogens (tertiary/aromatic N) is 2.